The Morgan fingerprint density at radius 3 is 2.27 bits per heavy atom. The van der Waals surface area contributed by atoms with Crippen LogP contribution in [0.15, 0.2) is 0 Å². The van der Waals surface area contributed by atoms with Crippen LogP contribution in [0.3, 0.4) is 0 Å². The fraction of sp³-hybridized carbons (Fsp3) is 1.00. The van der Waals surface area contributed by atoms with Gasteiger partial charge in [-0.2, -0.15) is 0 Å². The fourth-order valence-electron chi connectivity index (χ4n) is 1.18. The van der Waals surface area contributed by atoms with Gasteiger partial charge in [-0.3, -0.25) is 0 Å². The lowest BCUT2D eigenvalue weighted by Gasteiger charge is -2.14. The first-order valence-corrected chi connectivity index (χ1v) is 4.81. The van der Waals surface area contributed by atoms with Crippen molar-refractivity contribution in [3.05, 3.63) is 0 Å². The summed E-state index contributed by atoms with van der Waals surface area (Å²) in [5.41, 5.74) is 0. The molecular formula is C10H23N. The van der Waals surface area contributed by atoms with Gasteiger partial charge in [0.2, 0.25) is 0 Å². The third kappa shape index (κ3) is 7.86. The molecule has 0 radical (unpaired) electrons. The predicted octanol–water partition coefficient (Wildman–Crippen LogP) is 2.76. The molecule has 0 fully saturated rings. The average Bonchev–Trinajstić information content (AvgIpc) is 1.97. The molecule has 1 nitrogen and oxygen atoms in total. The van der Waals surface area contributed by atoms with Crippen LogP contribution in [0.2, 0.25) is 0 Å². The maximum Gasteiger partial charge on any atom is -0.00223 e. The van der Waals surface area contributed by atoms with Gasteiger partial charge in [0, 0.05) is 0 Å². The van der Waals surface area contributed by atoms with Crippen LogP contribution in [0.1, 0.15) is 39.5 Å². The van der Waals surface area contributed by atoms with Gasteiger partial charge in [0.1, 0.15) is 0 Å². The molecule has 1 heteroatoms. The van der Waals surface area contributed by atoms with Crippen LogP contribution in [-0.2, 0) is 0 Å². The molecule has 0 saturated heterocycles. The Morgan fingerprint density at radius 1 is 1.18 bits per heavy atom. The molecule has 0 aliphatic heterocycles. The number of unbranched alkanes of at least 4 members (excludes halogenated alkanes) is 1. The topological polar surface area (TPSA) is 3.24 Å². The van der Waals surface area contributed by atoms with Crippen LogP contribution in [0, 0.1) is 5.92 Å². The van der Waals surface area contributed by atoms with Gasteiger partial charge in [0.15, 0.2) is 0 Å². The summed E-state index contributed by atoms with van der Waals surface area (Å²) in [5, 5.41) is 0. The second-order valence-electron chi connectivity index (χ2n) is 3.84. The van der Waals surface area contributed by atoms with Crippen molar-refractivity contribution >= 4 is 0 Å². The minimum Gasteiger partial charge on any atom is -0.309 e. The largest absolute Gasteiger partial charge is 0.309 e. The van der Waals surface area contributed by atoms with E-state index in [2.05, 4.69) is 32.8 Å². The zero-order valence-corrected chi connectivity index (χ0v) is 8.56. The quantitative estimate of drug-likeness (QED) is 0.573. The molecule has 1 atom stereocenters. The van der Waals surface area contributed by atoms with Gasteiger partial charge in [0.25, 0.3) is 0 Å². The maximum absolute atomic E-state index is 2.36. The summed E-state index contributed by atoms with van der Waals surface area (Å²) in [6, 6.07) is 0. The molecule has 0 aliphatic rings. The number of hydrogen-bond acceptors (Lipinski definition) is 1. The van der Waals surface area contributed by atoms with Crippen LogP contribution in [0.5, 0.6) is 0 Å². The highest BCUT2D eigenvalue weighted by atomic mass is 15.0. The zero-order valence-electron chi connectivity index (χ0n) is 8.56. The molecule has 0 spiro atoms. The molecule has 0 aromatic carbocycles. The molecule has 68 valence electrons. The minimum atomic E-state index is 0.914. The minimum absolute atomic E-state index is 0.914. The molecule has 0 saturated carbocycles. The van der Waals surface area contributed by atoms with E-state index in [0.29, 0.717) is 0 Å². The third-order valence-corrected chi connectivity index (χ3v) is 2.12. The van der Waals surface area contributed by atoms with Crippen molar-refractivity contribution in [2.45, 2.75) is 39.5 Å². The van der Waals surface area contributed by atoms with Crippen molar-refractivity contribution < 1.29 is 0 Å². The van der Waals surface area contributed by atoms with Crippen molar-refractivity contribution in [3.63, 3.8) is 0 Å². The summed E-state index contributed by atoms with van der Waals surface area (Å²) in [4.78, 5) is 2.27. The summed E-state index contributed by atoms with van der Waals surface area (Å²) < 4.78 is 0. The molecule has 0 aliphatic carbocycles. The molecule has 0 N–H and O–H groups in total. The highest BCUT2D eigenvalue weighted by Gasteiger charge is 2.00. The molecule has 0 rings (SSSR count). The predicted molar refractivity (Wildman–Crippen MR) is 51.9 cm³/mol. The monoisotopic (exact) mass is 157 g/mol. The van der Waals surface area contributed by atoms with Crippen LogP contribution in [-0.4, -0.2) is 25.5 Å². The van der Waals surface area contributed by atoms with Crippen LogP contribution < -0.4 is 0 Å². The van der Waals surface area contributed by atoms with E-state index < -0.39 is 0 Å². The number of rotatable bonds is 6. The smallest absolute Gasteiger partial charge is 0.00223 e. The highest BCUT2D eigenvalue weighted by Crippen LogP contribution is 2.11. The second-order valence-corrected chi connectivity index (χ2v) is 3.84. The van der Waals surface area contributed by atoms with E-state index in [1.165, 1.54) is 32.2 Å². The van der Waals surface area contributed by atoms with Crippen LogP contribution in [0.25, 0.3) is 0 Å². The summed E-state index contributed by atoms with van der Waals surface area (Å²) >= 11 is 0. The molecule has 0 aromatic rings. The van der Waals surface area contributed by atoms with Crippen LogP contribution in [0.4, 0.5) is 0 Å². The lowest BCUT2D eigenvalue weighted by molar-refractivity contribution is 0.348. The van der Waals surface area contributed by atoms with E-state index >= 15 is 0 Å². The number of hydrogen-bond donors (Lipinski definition) is 0. The Kier molecular flexibility index (Phi) is 6.63. The van der Waals surface area contributed by atoms with Crippen molar-refractivity contribution in [3.8, 4) is 0 Å². The molecule has 0 heterocycles. The van der Waals surface area contributed by atoms with Crippen LogP contribution >= 0.6 is 0 Å². The normalized spacial score (nSPS) is 13.9. The standard InChI is InChI=1S/C10H23N/c1-5-6-7-10(2)8-9-11(3)4/h10H,5-9H2,1-4H3. The Hall–Kier alpha value is -0.0400. The fourth-order valence-corrected chi connectivity index (χ4v) is 1.18. The van der Waals surface area contributed by atoms with Crippen molar-refractivity contribution in [1.82, 2.24) is 4.90 Å². The molecular weight excluding hydrogens is 134 g/mol. The van der Waals surface area contributed by atoms with Gasteiger partial charge in [-0.05, 0) is 33.0 Å². The average molecular weight is 157 g/mol. The first kappa shape index (κ1) is 11.0. The van der Waals surface area contributed by atoms with E-state index in [-0.39, 0.29) is 0 Å². The SMILES string of the molecule is CCCCC(C)CCN(C)C. The van der Waals surface area contributed by atoms with E-state index in [9.17, 15) is 0 Å². The van der Waals surface area contributed by atoms with Crippen molar-refractivity contribution in [2.24, 2.45) is 5.92 Å². The van der Waals surface area contributed by atoms with E-state index in [1.54, 1.807) is 0 Å². The van der Waals surface area contributed by atoms with Gasteiger partial charge >= 0.3 is 0 Å². The maximum atomic E-state index is 2.36. The molecule has 0 bridgehead atoms. The van der Waals surface area contributed by atoms with Gasteiger partial charge in [0.05, 0.1) is 0 Å². The number of nitrogens with zero attached hydrogens (tertiary/aromatic N) is 1. The first-order valence-electron chi connectivity index (χ1n) is 4.81. The third-order valence-electron chi connectivity index (χ3n) is 2.12. The lowest BCUT2D eigenvalue weighted by Crippen LogP contribution is -2.15. The zero-order chi connectivity index (χ0) is 8.69. The second kappa shape index (κ2) is 6.66. The highest BCUT2D eigenvalue weighted by molar-refractivity contribution is 4.55. The molecule has 11 heavy (non-hydrogen) atoms. The Morgan fingerprint density at radius 2 is 1.82 bits per heavy atom. The first-order chi connectivity index (χ1) is 5.16. The van der Waals surface area contributed by atoms with Gasteiger partial charge < -0.3 is 4.90 Å². The summed E-state index contributed by atoms with van der Waals surface area (Å²) in [5.74, 6) is 0.914. The summed E-state index contributed by atoms with van der Waals surface area (Å²) in [7, 11) is 4.29. The summed E-state index contributed by atoms with van der Waals surface area (Å²) in [6.07, 6.45) is 5.50. The van der Waals surface area contributed by atoms with E-state index in [0.717, 1.165) is 5.92 Å². The summed E-state index contributed by atoms with van der Waals surface area (Å²) in [6.45, 7) is 5.86. The molecule has 0 amide bonds. The Balaban J connectivity index is 3.15. The lowest BCUT2D eigenvalue weighted by atomic mass is 10.0. The Labute approximate surface area is 71.8 Å². The van der Waals surface area contributed by atoms with Gasteiger partial charge in [-0.25, -0.2) is 0 Å². The van der Waals surface area contributed by atoms with Crippen molar-refractivity contribution in [1.29, 1.82) is 0 Å². The van der Waals surface area contributed by atoms with Gasteiger partial charge in [-0.15, -0.1) is 0 Å². The Bertz CT molecular complexity index is 78.9. The van der Waals surface area contributed by atoms with Crippen molar-refractivity contribution in [2.75, 3.05) is 20.6 Å². The van der Waals surface area contributed by atoms with E-state index in [1.807, 2.05) is 0 Å². The van der Waals surface area contributed by atoms with E-state index in [4.69, 9.17) is 0 Å². The van der Waals surface area contributed by atoms with Gasteiger partial charge in [-0.1, -0.05) is 33.1 Å². The molecule has 1 unspecified atom stereocenters. The molecule has 0 aromatic heterocycles.